The van der Waals surface area contributed by atoms with Crippen molar-refractivity contribution in [1.82, 2.24) is 15.6 Å². The standard InChI is InChI=1S/C27H30N4O6S3/c1-36-27(32)29-22(14-19-6-3-2-4-7-19)16-37-18-28-23(24-17-39-26(30-24)25-8-5-13-38-25)15-20-9-11-21(12-10-20)31-40(33,34)35/h2-13,17,22-23,28,31H,14-16,18H2,1H3,(H,29,32)(H,33,34,35)/t22-,23-/m0/s1. The number of ether oxygens (including phenoxy) is 2. The van der Waals surface area contributed by atoms with Crippen LogP contribution in [-0.4, -0.2) is 50.5 Å². The number of benzene rings is 2. The topological polar surface area (TPSA) is 139 Å². The Hall–Kier alpha value is -3.33. The Labute approximate surface area is 241 Å². The predicted molar refractivity (Wildman–Crippen MR) is 157 cm³/mol. The normalized spacial score (nSPS) is 12.9. The second kappa shape index (κ2) is 14.3. The van der Waals surface area contributed by atoms with E-state index < -0.39 is 16.4 Å². The Morgan fingerprint density at radius 2 is 1.75 bits per heavy atom. The molecule has 13 heteroatoms. The average Bonchev–Trinajstić information content (AvgIpc) is 3.64. The third-order valence-corrected chi connectivity index (χ3v) is 8.23. The molecule has 2 atom stereocenters. The molecule has 0 fully saturated rings. The Morgan fingerprint density at radius 1 is 1.00 bits per heavy atom. The molecule has 1 amide bonds. The zero-order valence-electron chi connectivity index (χ0n) is 21.6. The summed E-state index contributed by atoms with van der Waals surface area (Å²) in [4.78, 5) is 17.8. The maximum Gasteiger partial charge on any atom is 0.407 e. The second-order valence-corrected chi connectivity index (χ2v) is 11.8. The van der Waals surface area contributed by atoms with Gasteiger partial charge < -0.3 is 14.8 Å². The lowest BCUT2D eigenvalue weighted by molar-refractivity contribution is 0.0849. The van der Waals surface area contributed by atoms with E-state index in [0.29, 0.717) is 12.8 Å². The Morgan fingerprint density at radius 3 is 2.42 bits per heavy atom. The molecule has 0 saturated carbocycles. The number of aromatic nitrogens is 1. The Kier molecular flexibility index (Phi) is 10.6. The largest absolute Gasteiger partial charge is 0.453 e. The lowest BCUT2D eigenvalue weighted by atomic mass is 10.0. The molecule has 4 N–H and O–H groups in total. The van der Waals surface area contributed by atoms with Crippen LogP contribution in [0.25, 0.3) is 9.88 Å². The molecule has 0 aliphatic carbocycles. The predicted octanol–water partition coefficient (Wildman–Crippen LogP) is 4.90. The van der Waals surface area contributed by atoms with Gasteiger partial charge >= 0.3 is 16.4 Å². The van der Waals surface area contributed by atoms with Gasteiger partial charge in [0.05, 0.1) is 48.8 Å². The van der Waals surface area contributed by atoms with Crippen LogP contribution < -0.4 is 15.4 Å². The molecule has 10 nitrogen and oxygen atoms in total. The zero-order valence-corrected chi connectivity index (χ0v) is 24.1. The van der Waals surface area contributed by atoms with Crippen molar-refractivity contribution >= 4 is 44.8 Å². The van der Waals surface area contributed by atoms with Gasteiger partial charge in [-0.2, -0.15) is 8.42 Å². The van der Waals surface area contributed by atoms with Crippen molar-refractivity contribution in [2.24, 2.45) is 0 Å². The van der Waals surface area contributed by atoms with Crippen molar-refractivity contribution in [2.75, 3.05) is 25.2 Å². The van der Waals surface area contributed by atoms with Crippen LogP contribution in [0.5, 0.6) is 0 Å². The number of amides is 1. The molecule has 2 aromatic heterocycles. The number of nitrogens with zero attached hydrogens (tertiary/aromatic N) is 1. The van der Waals surface area contributed by atoms with E-state index in [0.717, 1.165) is 26.7 Å². The molecule has 0 bridgehead atoms. The highest BCUT2D eigenvalue weighted by atomic mass is 32.2. The second-order valence-electron chi connectivity index (χ2n) is 8.83. The monoisotopic (exact) mass is 602 g/mol. The fourth-order valence-corrected chi connectivity index (χ4v) is 6.09. The first-order valence-corrected chi connectivity index (χ1v) is 15.5. The van der Waals surface area contributed by atoms with Crippen molar-refractivity contribution in [3.8, 4) is 9.88 Å². The van der Waals surface area contributed by atoms with Crippen LogP contribution in [0.3, 0.4) is 0 Å². The van der Waals surface area contributed by atoms with Crippen LogP contribution in [0.2, 0.25) is 0 Å². The third kappa shape index (κ3) is 9.40. The minimum absolute atomic E-state index is 0.201. The molecule has 0 radical (unpaired) electrons. The number of thiazole rings is 1. The summed E-state index contributed by atoms with van der Waals surface area (Å²) in [5, 5.41) is 11.2. The van der Waals surface area contributed by atoms with Gasteiger partial charge in [0.2, 0.25) is 0 Å². The van der Waals surface area contributed by atoms with E-state index in [1.54, 1.807) is 46.9 Å². The highest BCUT2D eigenvalue weighted by molar-refractivity contribution is 7.87. The number of anilines is 1. The van der Waals surface area contributed by atoms with Crippen LogP contribution >= 0.6 is 22.7 Å². The van der Waals surface area contributed by atoms with Crippen LogP contribution in [0.1, 0.15) is 22.9 Å². The molecule has 4 aromatic rings. The van der Waals surface area contributed by atoms with Gasteiger partial charge in [0.15, 0.2) is 0 Å². The first kappa shape index (κ1) is 29.6. The summed E-state index contributed by atoms with van der Waals surface area (Å²) in [6.45, 7) is 0.463. The number of methoxy groups -OCH3 is 1. The van der Waals surface area contributed by atoms with Crippen LogP contribution in [0.4, 0.5) is 10.5 Å². The summed E-state index contributed by atoms with van der Waals surface area (Å²) in [7, 11) is -3.02. The highest BCUT2D eigenvalue weighted by Crippen LogP contribution is 2.30. The molecular weight excluding hydrogens is 573 g/mol. The zero-order chi connectivity index (χ0) is 28.4. The molecule has 4 rings (SSSR count). The van der Waals surface area contributed by atoms with Gasteiger partial charge in [0.25, 0.3) is 0 Å². The summed E-state index contributed by atoms with van der Waals surface area (Å²) in [5.74, 6) is 0. The smallest absolute Gasteiger partial charge is 0.407 e. The third-order valence-electron chi connectivity index (χ3n) is 5.83. The molecule has 0 unspecified atom stereocenters. The minimum atomic E-state index is -4.35. The molecule has 40 heavy (non-hydrogen) atoms. The highest BCUT2D eigenvalue weighted by Gasteiger charge is 2.18. The van der Waals surface area contributed by atoms with E-state index >= 15 is 0 Å². The number of thiophene rings is 1. The summed E-state index contributed by atoms with van der Waals surface area (Å²) < 4.78 is 44.0. The SMILES string of the molecule is COC(=O)N[C@H](COCN[C@@H](Cc1ccc(NS(=O)(=O)O)cc1)c1csc(-c2cccs2)n1)Cc1ccccc1. The minimum Gasteiger partial charge on any atom is -0.453 e. The van der Waals surface area contributed by atoms with Crippen molar-refractivity contribution in [3.05, 3.63) is 94.3 Å². The number of rotatable bonds is 14. The number of hydrogen-bond acceptors (Lipinski definition) is 9. The summed E-state index contributed by atoms with van der Waals surface area (Å²) >= 11 is 3.19. The van der Waals surface area contributed by atoms with Gasteiger partial charge in [-0.25, -0.2) is 9.78 Å². The van der Waals surface area contributed by atoms with E-state index in [2.05, 4.69) is 10.6 Å². The van der Waals surface area contributed by atoms with Gasteiger partial charge in [0, 0.05) is 5.38 Å². The van der Waals surface area contributed by atoms with Crippen molar-refractivity contribution in [1.29, 1.82) is 0 Å². The molecule has 2 heterocycles. The van der Waals surface area contributed by atoms with E-state index in [1.165, 1.54) is 7.11 Å². The van der Waals surface area contributed by atoms with Gasteiger partial charge in [-0.05, 0) is 47.5 Å². The molecule has 0 spiro atoms. The van der Waals surface area contributed by atoms with Gasteiger partial charge in [-0.15, -0.1) is 22.7 Å². The Balaban J connectivity index is 1.42. The molecule has 0 saturated heterocycles. The fraction of sp³-hybridized carbons (Fsp3) is 0.259. The van der Waals surface area contributed by atoms with Crippen molar-refractivity contribution in [3.63, 3.8) is 0 Å². The number of hydrogen-bond donors (Lipinski definition) is 4. The average molecular weight is 603 g/mol. The molecule has 0 aliphatic rings. The van der Waals surface area contributed by atoms with Crippen molar-refractivity contribution in [2.45, 2.75) is 24.9 Å². The fourth-order valence-electron chi connectivity index (χ4n) is 3.97. The lowest BCUT2D eigenvalue weighted by Gasteiger charge is -2.21. The molecule has 0 aliphatic heterocycles. The van der Waals surface area contributed by atoms with E-state index in [-0.39, 0.29) is 31.1 Å². The van der Waals surface area contributed by atoms with E-state index in [9.17, 15) is 13.2 Å². The maximum atomic E-state index is 11.9. The van der Waals surface area contributed by atoms with Gasteiger partial charge in [-0.1, -0.05) is 48.5 Å². The number of alkyl carbamates (subject to hydrolysis) is 1. The number of carbonyl (C=O) groups excluding carboxylic acids is 1. The maximum absolute atomic E-state index is 11.9. The van der Waals surface area contributed by atoms with Crippen molar-refractivity contribution < 1.29 is 27.2 Å². The summed E-state index contributed by atoms with van der Waals surface area (Å²) in [6.07, 6.45) is 0.613. The number of nitrogens with one attached hydrogen (secondary N) is 3. The molecule has 2 aromatic carbocycles. The van der Waals surface area contributed by atoms with E-state index in [4.69, 9.17) is 19.0 Å². The Bertz CT molecular complexity index is 1450. The molecular formula is C27H30N4O6S3. The lowest BCUT2D eigenvalue weighted by Crippen LogP contribution is -2.40. The first-order chi connectivity index (χ1) is 19.3. The number of carbonyl (C=O) groups is 1. The first-order valence-electron chi connectivity index (χ1n) is 12.3. The van der Waals surface area contributed by atoms with Gasteiger partial charge in [0.1, 0.15) is 5.01 Å². The quantitative estimate of drug-likeness (QED) is 0.0908. The van der Waals surface area contributed by atoms with Crippen LogP contribution in [-0.2, 0) is 32.6 Å². The van der Waals surface area contributed by atoms with Crippen LogP contribution in [0.15, 0.2) is 77.5 Å². The van der Waals surface area contributed by atoms with E-state index in [1.807, 2.05) is 57.9 Å². The van der Waals surface area contributed by atoms with Gasteiger partial charge in [-0.3, -0.25) is 14.6 Å². The summed E-state index contributed by atoms with van der Waals surface area (Å²) in [5.41, 5.74) is 3.10. The molecule has 212 valence electrons. The van der Waals surface area contributed by atoms with Crippen LogP contribution in [0, 0.1) is 0 Å². The summed E-state index contributed by atoms with van der Waals surface area (Å²) in [6, 6.07) is 20.1.